The normalized spacial score (nSPS) is 22.0. The van der Waals surface area contributed by atoms with Gasteiger partial charge >= 0.3 is 12.4 Å². The van der Waals surface area contributed by atoms with Gasteiger partial charge in [-0.3, -0.25) is 9.48 Å². The second-order valence-electron chi connectivity index (χ2n) is 4.57. The number of hydrazone groups is 1. The number of aliphatic hydroxyl groups is 1. The first-order valence-corrected chi connectivity index (χ1v) is 6.14. The third-order valence-corrected chi connectivity index (χ3v) is 3.39. The first kappa shape index (κ1) is 17.5. The van der Waals surface area contributed by atoms with Crippen molar-refractivity contribution in [3.8, 4) is 0 Å². The molecule has 128 valence electrons. The number of carbonyl (C=O) groups is 1. The first-order chi connectivity index (χ1) is 10.3. The number of hydrogen-bond acceptors (Lipinski definition) is 4. The quantitative estimate of drug-likeness (QED) is 0.776. The van der Waals surface area contributed by atoms with Crippen LogP contribution in [0.5, 0.6) is 0 Å². The molecule has 0 aliphatic carbocycles. The Kier molecular flexibility index (Phi) is 3.88. The van der Waals surface area contributed by atoms with Crippen molar-refractivity contribution in [2.24, 2.45) is 12.1 Å². The summed E-state index contributed by atoms with van der Waals surface area (Å²) in [7, 11) is 0.890. The third kappa shape index (κ3) is 2.65. The number of alkyl halides is 6. The van der Waals surface area contributed by atoms with Crippen LogP contribution in [0, 0.1) is 0 Å². The van der Waals surface area contributed by atoms with Crippen molar-refractivity contribution in [3.63, 3.8) is 0 Å². The molecule has 23 heavy (non-hydrogen) atoms. The maximum absolute atomic E-state index is 12.9. The number of amides is 1. The van der Waals surface area contributed by atoms with Gasteiger partial charge in [0.05, 0.1) is 0 Å². The van der Waals surface area contributed by atoms with Gasteiger partial charge in [-0.1, -0.05) is 11.6 Å². The fourth-order valence-corrected chi connectivity index (χ4v) is 2.25. The molecule has 0 aromatic carbocycles. The summed E-state index contributed by atoms with van der Waals surface area (Å²) >= 11 is 5.43. The molecule has 1 aromatic heterocycles. The molecule has 1 amide bonds. The fraction of sp³-hybridized carbons (Fsp3) is 0.500. The average molecular weight is 365 g/mol. The molecule has 0 radical (unpaired) electrons. The molecular weight excluding hydrogens is 358 g/mol. The van der Waals surface area contributed by atoms with E-state index >= 15 is 0 Å². The highest BCUT2D eigenvalue weighted by Crippen LogP contribution is 2.41. The van der Waals surface area contributed by atoms with Gasteiger partial charge in [0.1, 0.15) is 10.7 Å². The fourth-order valence-electron chi connectivity index (χ4n) is 1.90. The Bertz CT molecular complexity index is 682. The zero-order valence-electron chi connectivity index (χ0n) is 11.1. The van der Waals surface area contributed by atoms with Crippen LogP contribution in [0.4, 0.5) is 26.3 Å². The minimum absolute atomic E-state index is 0.365. The minimum Gasteiger partial charge on any atom is -0.362 e. The highest BCUT2D eigenvalue weighted by atomic mass is 35.5. The summed E-state index contributed by atoms with van der Waals surface area (Å²) in [5.41, 5.74) is -6.29. The van der Waals surface area contributed by atoms with Crippen molar-refractivity contribution < 1.29 is 36.2 Å². The lowest BCUT2D eigenvalue weighted by Crippen LogP contribution is -2.56. The molecule has 1 N–H and O–H groups in total. The van der Waals surface area contributed by atoms with Crippen molar-refractivity contribution in [2.75, 3.05) is 0 Å². The predicted octanol–water partition coefficient (Wildman–Crippen LogP) is 2.17. The van der Waals surface area contributed by atoms with Crippen LogP contribution in [0.1, 0.15) is 22.6 Å². The monoisotopic (exact) mass is 364 g/mol. The van der Waals surface area contributed by atoms with Gasteiger partial charge in [-0.2, -0.15) is 41.6 Å². The third-order valence-electron chi connectivity index (χ3n) is 3.03. The Morgan fingerprint density at radius 3 is 2.35 bits per heavy atom. The summed E-state index contributed by atoms with van der Waals surface area (Å²) in [6.07, 6.45) is -10.7. The first-order valence-electron chi connectivity index (χ1n) is 5.76. The molecule has 1 aliphatic rings. The van der Waals surface area contributed by atoms with Crippen molar-refractivity contribution in [2.45, 2.75) is 24.5 Å². The standard InChI is InChI=1S/C10H7ClF6N4O2/c1-20-5(4(11)6(19-20)9(12,13)14)7(22)21-8(23,2-3-18-21)10(15,16)17/h3,23H,2H2,1H3/t8-/m0/s1. The van der Waals surface area contributed by atoms with Gasteiger partial charge < -0.3 is 5.11 Å². The van der Waals surface area contributed by atoms with Gasteiger partial charge in [0, 0.05) is 19.7 Å². The maximum Gasteiger partial charge on any atom is 0.438 e. The second-order valence-corrected chi connectivity index (χ2v) is 4.94. The van der Waals surface area contributed by atoms with E-state index in [2.05, 4.69) is 10.2 Å². The number of hydrogen-bond donors (Lipinski definition) is 1. The van der Waals surface area contributed by atoms with Gasteiger partial charge in [0.15, 0.2) is 5.69 Å². The van der Waals surface area contributed by atoms with E-state index in [0.29, 0.717) is 10.9 Å². The second kappa shape index (κ2) is 5.09. The number of halogens is 7. The lowest BCUT2D eigenvalue weighted by molar-refractivity contribution is -0.297. The van der Waals surface area contributed by atoms with Crippen LogP contribution in [-0.2, 0) is 13.2 Å². The number of carbonyl (C=O) groups excluding carboxylic acids is 1. The molecule has 0 fully saturated rings. The molecule has 2 heterocycles. The molecule has 0 unspecified atom stereocenters. The highest BCUT2D eigenvalue weighted by Gasteiger charge is 2.62. The number of nitrogens with zero attached hydrogens (tertiary/aromatic N) is 4. The average Bonchev–Trinajstić information content (AvgIpc) is 2.89. The number of rotatable bonds is 1. The van der Waals surface area contributed by atoms with Crippen LogP contribution in [0.25, 0.3) is 0 Å². The summed E-state index contributed by atoms with van der Waals surface area (Å²) in [4.78, 5) is 12.1. The van der Waals surface area contributed by atoms with Crippen molar-refractivity contribution >= 4 is 23.7 Å². The Labute approximate surface area is 128 Å². The molecule has 1 aromatic rings. The maximum atomic E-state index is 12.9. The summed E-state index contributed by atoms with van der Waals surface area (Å²) in [6.45, 7) is 0. The largest absolute Gasteiger partial charge is 0.438 e. The summed E-state index contributed by atoms with van der Waals surface area (Å²) in [6, 6.07) is 0. The molecule has 2 rings (SSSR count). The van der Waals surface area contributed by atoms with Crippen molar-refractivity contribution in [1.82, 2.24) is 14.8 Å². The van der Waals surface area contributed by atoms with E-state index in [1.165, 1.54) is 0 Å². The highest BCUT2D eigenvalue weighted by molar-refractivity contribution is 6.34. The summed E-state index contributed by atoms with van der Waals surface area (Å²) in [5.74, 6) is -1.67. The van der Waals surface area contributed by atoms with E-state index in [-0.39, 0.29) is 5.01 Å². The summed E-state index contributed by atoms with van der Waals surface area (Å²) < 4.78 is 77.1. The van der Waals surface area contributed by atoms with Crippen LogP contribution in [0.2, 0.25) is 5.02 Å². The smallest absolute Gasteiger partial charge is 0.362 e. The summed E-state index contributed by atoms with van der Waals surface area (Å²) in [5, 5.41) is 14.2. The zero-order chi connectivity index (χ0) is 17.8. The van der Waals surface area contributed by atoms with Crippen LogP contribution in [0.3, 0.4) is 0 Å². The topological polar surface area (TPSA) is 70.7 Å². The van der Waals surface area contributed by atoms with Gasteiger partial charge in [-0.15, -0.1) is 0 Å². The SMILES string of the molecule is Cn1nc(C(F)(F)F)c(Cl)c1C(=O)N1N=CC[C@]1(O)C(F)(F)F. The van der Waals surface area contributed by atoms with E-state index in [1.54, 1.807) is 0 Å². The van der Waals surface area contributed by atoms with Crippen LogP contribution < -0.4 is 0 Å². The van der Waals surface area contributed by atoms with Crippen LogP contribution >= 0.6 is 11.6 Å². The Morgan fingerprint density at radius 2 is 1.91 bits per heavy atom. The molecule has 0 saturated heterocycles. The van der Waals surface area contributed by atoms with Gasteiger partial charge in [0.2, 0.25) is 0 Å². The Morgan fingerprint density at radius 1 is 1.35 bits per heavy atom. The van der Waals surface area contributed by atoms with E-state index in [4.69, 9.17) is 11.6 Å². The van der Waals surface area contributed by atoms with Crippen molar-refractivity contribution in [1.29, 1.82) is 0 Å². The molecule has 1 aliphatic heterocycles. The Hall–Kier alpha value is -1.82. The van der Waals surface area contributed by atoms with Crippen molar-refractivity contribution in [3.05, 3.63) is 16.4 Å². The van der Waals surface area contributed by atoms with Gasteiger partial charge in [-0.05, 0) is 0 Å². The number of aryl methyl sites for hydroxylation is 1. The molecule has 6 nitrogen and oxygen atoms in total. The minimum atomic E-state index is -5.28. The van der Waals surface area contributed by atoms with Gasteiger partial charge in [-0.25, -0.2) is 0 Å². The molecule has 1 atom stereocenters. The molecule has 13 heteroatoms. The number of aromatic nitrogens is 2. The van der Waals surface area contributed by atoms with Gasteiger partial charge in [0.25, 0.3) is 11.6 Å². The lowest BCUT2D eigenvalue weighted by atomic mass is 10.1. The van der Waals surface area contributed by atoms with Crippen LogP contribution in [0.15, 0.2) is 5.10 Å². The van der Waals surface area contributed by atoms with Crippen LogP contribution in [-0.4, -0.2) is 43.9 Å². The predicted molar refractivity (Wildman–Crippen MR) is 63.5 cm³/mol. The zero-order valence-corrected chi connectivity index (χ0v) is 11.8. The Balaban J connectivity index is 2.50. The molecular formula is C10H7ClF6N4O2. The molecule has 0 bridgehead atoms. The van der Waals surface area contributed by atoms with E-state index in [1.807, 2.05) is 0 Å². The van der Waals surface area contributed by atoms with E-state index < -0.39 is 46.8 Å². The molecule has 0 saturated carbocycles. The molecule has 0 spiro atoms. The van der Waals surface area contributed by atoms with E-state index in [9.17, 15) is 36.2 Å². The van der Waals surface area contributed by atoms with E-state index in [0.717, 1.165) is 7.05 Å². The lowest BCUT2D eigenvalue weighted by Gasteiger charge is -2.32.